The van der Waals surface area contributed by atoms with Crippen molar-refractivity contribution in [1.82, 2.24) is 10.2 Å². The average Bonchev–Trinajstić information content (AvgIpc) is 3.19. The van der Waals surface area contributed by atoms with E-state index in [-0.39, 0.29) is 0 Å². The van der Waals surface area contributed by atoms with E-state index in [9.17, 15) is 13.2 Å². The number of aromatic nitrogens is 2. The number of rotatable bonds is 9. The van der Waals surface area contributed by atoms with Crippen LogP contribution in [0.15, 0.2) is 52.9 Å². The number of nitrogens with zero attached hydrogens (tertiary/aromatic N) is 3. The van der Waals surface area contributed by atoms with E-state index in [1.165, 1.54) is 37.1 Å². The summed E-state index contributed by atoms with van der Waals surface area (Å²) in [6.07, 6.45) is 1.06. The summed E-state index contributed by atoms with van der Waals surface area (Å²) in [5.41, 5.74) is 2.29. The van der Waals surface area contributed by atoms with Crippen LogP contribution in [0.5, 0.6) is 5.75 Å². The van der Waals surface area contributed by atoms with Crippen molar-refractivity contribution < 1.29 is 17.9 Å². The van der Waals surface area contributed by atoms with E-state index in [1.807, 2.05) is 43.3 Å². The monoisotopic (exact) mass is 492 g/mol. The first-order valence-corrected chi connectivity index (χ1v) is 13.3. The Kier molecular flexibility index (Phi) is 7.75. The maximum absolute atomic E-state index is 12.9. The van der Waals surface area contributed by atoms with Crippen molar-refractivity contribution in [3.63, 3.8) is 0 Å². The van der Waals surface area contributed by atoms with Gasteiger partial charge in [-0.15, -0.1) is 10.2 Å². The van der Waals surface area contributed by atoms with Crippen molar-refractivity contribution in [2.45, 2.75) is 30.0 Å². The van der Waals surface area contributed by atoms with Crippen molar-refractivity contribution in [2.75, 3.05) is 23.0 Å². The van der Waals surface area contributed by atoms with Gasteiger partial charge >= 0.3 is 0 Å². The van der Waals surface area contributed by atoms with E-state index in [0.717, 1.165) is 27.4 Å². The fourth-order valence-corrected chi connectivity index (χ4v) is 5.88. The molecule has 170 valence electrons. The number of carbonyl (C=O) groups excluding carboxylic acids is 1. The largest absolute Gasteiger partial charge is 0.495 e. The summed E-state index contributed by atoms with van der Waals surface area (Å²) in [5, 5.41) is 11.1. The van der Waals surface area contributed by atoms with Gasteiger partial charge in [-0.05, 0) is 37.1 Å². The third-order valence-electron chi connectivity index (χ3n) is 4.50. The predicted octanol–water partition coefficient (Wildman–Crippen LogP) is 3.94. The SMILES string of the molecule is COc1ccc(C)cc1N([C@@H](C)C(=O)Nc1nnc(SCc2ccccc2)s1)S(C)(=O)=O. The molecular weight excluding hydrogens is 468 g/mol. The van der Waals surface area contributed by atoms with E-state index in [1.54, 1.807) is 12.1 Å². The number of hydrogen-bond acceptors (Lipinski definition) is 8. The minimum atomic E-state index is -3.78. The molecule has 1 N–H and O–H groups in total. The molecule has 1 aromatic heterocycles. The molecule has 0 aliphatic heterocycles. The van der Waals surface area contributed by atoms with Gasteiger partial charge in [0.2, 0.25) is 21.1 Å². The minimum Gasteiger partial charge on any atom is -0.495 e. The Labute approximate surface area is 196 Å². The van der Waals surface area contributed by atoms with Gasteiger partial charge in [0, 0.05) is 5.75 Å². The van der Waals surface area contributed by atoms with Crippen molar-refractivity contribution in [2.24, 2.45) is 0 Å². The Morgan fingerprint density at radius 3 is 2.59 bits per heavy atom. The Morgan fingerprint density at radius 1 is 1.22 bits per heavy atom. The van der Waals surface area contributed by atoms with Gasteiger partial charge in [-0.2, -0.15) is 0 Å². The standard InChI is InChI=1S/C21H24N4O4S3/c1-14-10-11-18(29-3)17(12-14)25(32(4,27)28)15(2)19(26)22-20-23-24-21(31-20)30-13-16-8-6-5-7-9-16/h5-12,15H,13H2,1-4H3,(H,22,23,26)/t15-/m0/s1. The number of carbonyl (C=O) groups is 1. The average molecular weight is 493 g/mol. The third kappa shape index (κ3) is 5.99. The van der Waals surface area contributed by atoms with Crippen LogP contribution in [0.2, 0.25) is 0 Å². The lowest BCUT2D eigenvalue weighted by atomic mass is 10.2. The number of benzene rings is 2. The summed E-state index contributed by atoms with van der Waals surface area (Å²) in [7, 11) is -2.33. The molecule has 1 heterocycles. The molecule has 3 aromatic rings. The number of sulfonamides is 1. The lowest BCUT2D eigenvalue weighted by Crippen LogP contribution is -2.45. The second-order valence-corrected chi connectivity index (χ2v) is 11.1. The van der Waals surface area contributed by atoms with Crippen LogP contribution < -0.4 is 14.4 Å². The molecule has 3 rings (SSSR count). The highest BCUT2D eigenvalue weighted by Crippen LogP contribution is 2.33. The molecule has 0 aliphatic rings. The summed E-state index contributed by atoms with van der Waals surface area (Å²) in [6, 6.07) is 14.1. The topological polar surface area (TPSA) is 101 Å². The van der Waals surface area contributed by atoms with Crippen molar-refractivity contribution >= 4 is 49.8 Å². The van der Waals surface area contributed by atoms with E-state index in [4.69, 9.17) is 4.74 Å². The van der Waals surface area contributed by atoms with Gasteiger partial charge in [0.25, 0.3) is 0 Å². The highest BCUT2D eigenvalue weighted by molar-refractivity contribution is 8.00. The fourth-order valence-electron chi connectivity index (χ4n) is 3.00. The van der Waals surface area contributed by atoms with Gasteiger partial charge in [-0.1, -0.05) is 59.5 Å². The van der Waals surface area contributed by atoms with Gasteiger partial charge in [0.15, 0.2) is 4.34 Å². The smallest absolute Gasteiger partial charge is 0.249 e. The Bertz CT molecular complexity index is 1180. The molecule has 8 nitrogen and oxygen atoms in total. The number of thioether (sulfide) groups is 1. The van der Waals surface area contributed by atoms with Crippen molar-refractivity contribution in [1.29, 1.82) is 0 Å². The van der Waals surface area contributed by atoms with Crippen molar-refractivity contribution in [3.8, 4) is 5.75 Å². The molecule has 2 aromatic carbocycles. The summed E-state index contributed by atoms with van der Waals surface area (Å²) in [6.45, 7) is 3.36. The van der Waals surface area contributed by atoms with Gasteiger partial charge in [0.1, 0.15) is 11.8 Å². The fraction of sp³-hybridized carbons (Fsp3) is 0.286. The molecule has 0 saturated heterocycles. The Morgan fingerprint density at radius 2 is 1.94 bits per heavy atom. The highest BCUT2D eigenvalue weighted by atomic mass is 32.2. The number of nitrogens with one attached hydrogen (secondary N) is 1. The second kappa shape index (κ2) is 10.3. The molecule has 0 fully saturated rings. The number of ether oxygens (including phenoxy) is 1. The van der Waals surface area contributed by atoms with Gasteiger partial charge < -0.3 is 4.74 Å². The summed E-state index contributed by atoms with van der Waals surface area (Å²) >= 11 is 2.75. The summed E-state index contributed by atoms with van der Waals surface area (Å²) in [4.78, 5) is 12.9. The molecule has 0 unspecified atom stereocenters. The van der Waals surface area contributed by atoms with Crippen LogP contribution >= 0.6 is 23.1 Å². The van der Waals surface area contributed by atoms with Crippen LogP contribution in [0, 0.1) is 6.92 Å². The first kappa shape index (κ1) is 24.0. The quantitative estimate of drug-likeness (QED) is 0.357. The maximum Gasteiger partial charge on any atom is 0.249 e. The van der Waals surface area contributed by atoms with Crippen molar-refractivity contribution in [3.05, 3.63) is 59.7 Å². The maximum atomic E-state index is 12.9. The van der Waals surface area contributed by atoms with Crippen LogP contribution in [0.1, 0.15) is 18.1 Å². The molecule has 0 spiro atoms. The number of anilines is 2. The summed E-state index contributed by atoms with van der Waals surface area (Å²) < 4.78 is 32.3. The molecule has 0 radical (unpaired) electrons. The predicted molar refractivity (Wildman–Crippen MR) is 129 cm³/mol. The van der Waals surface area contributed by atoms with Crippen LogP contribution in [-0.4, -0.2) is 43.9 Å². The molecule has 1 atom stereocenters. The van der Waals surface area contributed by atoms with Crippen LogP contribution in [0.4, 0.5) is 10.8 Å². The highest BCUT2D eigenvalue weighted by Gasteiger charge is 2.32. The molecular formula is C21H24N4O4S3. The zero-order valence-electron chi connectivity index (χ0n) is 18.1. The number of amides is 1. The lowest BCUT2D eigenvalue weighted by Gasteiger charge is -2.29. The van der Waals surface area contributed by atoms with Gasteiger partial charge in [0.05, 0.1) is 19.1 Å². The summed E-state index contributed by atoms with van der Waals surface area (Å²) in [5.74, 6) is 0.570. The zero-order chi connectivity index (χ0) is 23.3. The van der Waals surface area contributed by atoms with Gasteiger partial charge in [-0.3, -0.25) is 14.4 Å². The minimum absolute atomic E-state index is 0.300. The molecule has 0 aliphatic carbocycles. The van der Waals surface area contributed by atoms with Gasteiger partial charge in [-0.25, -0.2) is 8.42 Å². The molecule has 11 heteroatoms. The Hall–Kier alpha value is -2.63. The second-order valence-electron chi connectivity index (χ2n) is 7.05. The van der Waals surface area contributed by atoms with E-state index < -0.39 is 22.0 Å². The number of hydrogen-bond donors (Lipinski definition) is 1. The first-order valence-electron chi connectivity index (χ1n) is 9.64. The van der Waals surface area contributed by atoms with Crippen LogP contribution in [0.3, 0.4) is 0 Å². The number of aryl methyl sites for hydroxylation is 1. The van der Waals surface area contributed by atoms with Crippen LogP contribution in [0.25, 0.3) is 0 Å². The molecule has 0 saturated carbocycles. The normalized spacial score (nSPS) is 12.2. The molecule has 1 amide bonds. The van der Waals surface area contributed by atoms with Crippen LogP contribution in [-0.2, 0) is 20.6 Å². The third-order valence-corrected chi connectivity index (χ3v) is 7.77. The molecule has 0 bridgehead atoms. The Balaban J connectivity index is 1.75. The molecule has 32 heavy (non-hydrogen) atoms. The number of methoxy groups -OCH3 is 1. The van der Waals surface area contributed by atoms with E-state index in [2.05, 4.69) is 15.5 Å². The lowest BCUT2D eigenvalue weighted by molar-refractivity contribution is -0.116. The first-order chi connectivity index (χ1) is 15.2. The van der Waals surface area contributed by atoms with E-state index >= 15 is 0 Å². The van der Waals surface area contributed by atoms with E-state index in [0.29, 0.717) is 20.9 Å². The zero-order valence-corrected chi connectivity index (χ0v) is 20.6.